The Bertz CT molecular complexity index is 560. The Hall–Kier alpha value is -1.91. The van der Waals surface area contributed by atoms with Crippen molar-refractivity contribution in [1.29, 1.82) is 0 Å². The lowest BCUT2D eigenvalue weighted by molar-refractivity contribution is 0.117. The lowest BCUT2D eigenvalue weighted by Gasteiger charge is -2.14. The molecular formula is C16H18ClNO3. The topological polar surface area (TPSA) is 50.7 Å². The summed E-state index contributed by atoms with van der Waals surface area (Å²) in [6, 6.07) is 14.6. The molecule has 5 heteroatoms. The molecule has 0 spiro atoms. The number of aliphatic hydroxyl groups excluding tert-OH is 1. The summed E-state index contributed by atoms with van der Waals surface area (Å²) in [5.74, 6) is 1.39. The fourth-order valence-electron chi connectivity index (χ4n) is 1.75. The van der Waals surface area contributed by atoms with Crippen LogP contribution in [0.5, 0.6) is 11.5 Å². The van der Waals surface area contributed by atoms with Crippen molar-refractivity contribution in [3.05, 3.63) is 53.6 Å². The second-order valence-corrected chi connectivity index (χ2v) is 4.97. The third-order valence-corrected chi connectivity index (χ3v) is 3.12. The van der Waals surface area contributed by atoms with Crippen LogP contribution in [-0.2, 0) is 0 Å². The van der Waals surface area contributed by atoms with E-state index < -0.39 is 6.10 Å². The minimum atomic E-state index is -0.619. The van der Waals surface area contributed by atoms with Crippen molar-refractivity contribution >= 4 is 17.3 Å². The molecule has 0 fully saturated rings. The number of hydrogen-bond acceptors (Lipinski definition) is 4. The van der Waals surface area contributed by atoms with Gasteiger partial charge < -0.3 is 19.9 Å². The van der Waals surface area contributed by atoms with Crippen LogP contribution >= 0.6 is 11.6 Å². The maximum atomic E-state index is 9.91. The summed E-state index contributed by atoms with van der Waals surface area (Å²) in [6.45, 7) is 0.597. The molecule has 0 amide bonds. The van der Waals surface area contributed by atoms with E-state index in [2.05, 4.69) is 5.32 Å². The highest BCUT2D eigenvalue weighted by atomic mass is 35.5. The van der Waals surface area contributed by atoms with Gasteiger partial charge in [-0.15, -0.1) is 0 Å². The molecule has 0 aliphatic heterocycles. The van der Waals surface area contributed by atoms with Gasteiger partial charge in [-0.05, 0) is 36.4 Å². The molecule has 0 radical (unpaired) electrons. The standard InChI is InChI=1S/C16H18ClNO3/c1-20-15-3-2-4-16(9-15)21-11-14(19)10-18-13-7-5-12(17)6-8-13/h2-9,14,18-19H,10-11H2,1H3/t14-/m0/s1. The Kier molecular flexibility index (Phi) is 5.72. The second-order valence-electron chi connectivity index (χ2n) is 4.53. The number of anilines is 1. The Morgan fingerprint density at radius 3 is 2.57 bits per heavy atom. The van der Waals surface area contributed by atoms with Crippen molar-refractivity contribution in [1.82, 2.24) is 0 Å². The van der Waals surface area contributed by atoms with Crippen LogP contribution in [0.3, 0.4) is 0 Å². The predicted molar refractivity (Wildman–Crippen MR) is 84.4 cm³/mol. The van der Waals surface area contributed by atoms with Crippen molar-refractivity contribution in [2.45, 2.75) is 6.10 Å². The molecule has 4 nitrogen and oxygen atoms in total. The van der Waals surface area contributed by atoms with Crippen LogP contribution in [0.15, 0.2) is 48.5 Å². The number of ether oxygens (including phenoxy) is 2. The molecule has 0 aliphatic carbocycles. The van der Waals surface area contributed by atoms with Crippen LogP contribution in [-0.4, -0.2) is 31.5 Å². The molecule has 2 aromatic carbocycles. The van der Waals surface area contributed by atoms with Crippen molar-refractivity contribution in [3.63, 3.8) is 0 Å². The molecule has 0 unspecified atom stereocenters. The first-order valence-electron chi connectivity index (χ1n) is 6.62. The van der Waals surface area contributed by atoms with E-state index in [4.69, 9.17) is 21.1 Å². The molecule has 2 rings (SSSR count). The monoisotopic (exact) mass is 307 g/mol. The van der Waals surface area contributed by atoms with E-state index in [1.54, 1.807) is 25.3 Å². The summed E-state index contributed by atoms with van der Waals surface area (Å²) in [7, 11) is 1.60. The molecule has 0 saturated carbocycles. The van der Waals surface area contributed by atoms with E-state index >= 15 is 0 Å². The minimum Gasteiger partial charge on any atom is -0.497 e. The molecule has 112 valence electrons. The summed E-state index contributed by atoms with van der Waals surface area (Å²) in [5, 5.41) is 13.7. The van der Waals surface area contributed by atoms with Crippen molar-refractivity contribution in [2.24, 2.45) is 0 Å². The first-order valence-corrected chi connectivity index (χ1v) is 6.99. The Labute approximate surface area is 129 Å². The van der Waals surface area contributed by atoms with Gasteiger partial charge in [0.05, 0.1) is 7.11 Å². The molecule has 0 heterocycles. The number of hydrogen-bond donors (Lipinski definition) is 2. The van der Waals surface area contributed by atoms with Gasteiger partial charge in [-0.2, -0.15) is 0 Å². The third-order valence-electron chi connectivity index (χ3n) is 2.87. The second kappa shape index (κ2) is 7.76. The molecule has 0 aromatic heterocycles. The lowest BCUT2D eigenvalue weighted by atomic mass is 10.3. The van der Waals surface area contributed by atoms with Gasteiger partial charge in [-0.3, -0.25) is 0 Å². The van der Waals surface area contributed by atoms with E-state index in [-0.39, 0.29) is 6.61 Å². The van der Waals surface area contributed by atoms with Gasteiger partial charge in [0.15, 0.2) is 0 Å². The Balaban J connectivity index is 1.76. The van der Waals surface area contributed by atoms with Gasteiger partial charge in [0, 0.05) is 23.3 Å². The maximum absolute atomic E-state index is 9.91. The van der Waals surface area contributed by atoms with E-state index in [9.17, 15) is 5.11 Å². The zero-order chi connectivity index (χ0) is 15.1. The van der Waals surface area contributed by atoms with Crippen LogP contribution in [0, 0.1) is 0 Å². The first kappa shape index (κ1) is 15.5. The van der Waals surface area contributed by atoms with E-state index in [1.165, 1.54) is 0 Å². The molecule has 0 bridgehead atoms. The summed E-state index contributed by atoms with van der Waals surface area (Å²) in [6.07, 6.45) is -0.619. The zero-order valence-corrected chi connectivity index (χ0v) is 12.5. The average molecular weight is 308 g/mol. The number of halogens is 1. The van der Waals surface area contributed by atoms with Gasteiger partial charge in [-0.1, -0.05) is 17.7 Å². The summed E-state index contributed by atoms with van der Waals surface area (Å²) < 4.78 is 10.6. The number of benzene rings is 2. The van der Waals surface area contributed by atoms with Crippen LogP contribution in [0.4, 0.5) is 5.69 Å². The fraction of sp³-hybridized carbons (Fsp3) is 0.250. The van der Waals surface area contributed by atoms with Crippen LogP contribution in [0.1, 0.15) is 0 Å². The fourth-order valence-corrected chi connectivity index (χ4v) is 1.87. The van der Waals surface area contributed by atoms with Gasteiger partial charge >= 0.3 is 0 Å². The number of nitrogens with one attached hydrogen (secondary N) is 1. The molecular weight excluding hydrogens is 290 g/mol. The molecule has 21 heavy (non-hydrogen) atoms. The molecule has 0 aliphatic rings. The highest BCUT2D eigenvalue weighted by Gasteiger charge is 2.06. The molecule has 2 N–H and O–H groups in total. The summed E-state index contributed by atoms with van der Waals surface area (Å²) in [5.41, 5.74) is 0.903. The van der Waals surface area contributed by atoms with Gasteiger partial charge in [0.1, 0.15) is 24.2 Å². The molecule has 2 aromatic rings. The smallest absolute Gasteiger partial charge is 0.123 e. The Morgan fingerprint density at radius 1 is 1.14 bits per heavy atom. The third kappa shape index (κ3) is 5.17. The molecule has 0 saturated heterocycles. The Morgan fingerprint density at radius 2 is 1.86 bits per heavy atom. The predicted octanol–water partition coefficient (Wildman–Crippen LogP) is 3.20. The van der Waals surface area contributed by atoms with E-state index in [1.807, 2.05) is 30.3 Å². The van der Waals surface area contributed by atoms with E-state index in [0.29, 0.717) is 17.3 Å². The van der Waals surface area contributed by atoms with Crippen molar-refractivity contribution in [2.75, 3.05) is 25.6 Å². The summed E-state index contributed by atoms with van der Waals surface area (Å²) in [4.78, 5) is 0. The number of aliphatic hydroxyl groups is 1. The minimum absolute atomic E-state index is 0.202. The summed E-state index contributed by atoms with van der Waals surface area (Å²) >= 11 is 5.81. The zero-order valence-electron chi connectivity index (χ0n) is 11.8. The van der Waals surface area contributed by atoms with Crippen molar-refractivity contribution < 1.29 is 14.6 Å². The van der Waals surface area contributed by atoms with Crippen LogP contribution < -0.4 is 14.8 Å². The number of rotatable bonds is 7. The SMILES string of the molecule is COc1cccc(OC[C@@H](O)CNc2ccc(Cl)cc2)c1. The highest BCUT2D eigenvalue weighted by molar-refractivity contribution is 6.30. The lowest BCUT2D eigenvalue weighted by Crippen LogP contribution is -2.26. The van der Waals surface area contributed by atoms with Gasteiger partial charge in [-0.25, -0.2) is 0 Å². The van der Waals surface area contributed by atoms with Crippen LogP contribution in [0.25, 0.3) is 0 Å². The van der Waals surface area contributed by atoms with Crippen molar-refractivity contribution in [3.8, 4) is 11.5 Å². The normalized spacial score (nSPS) is 11.8. The highest BCUT2D eigenvalue weighted by Crippen LogP contribution is 2.19. The van der Waals surface area contributed by atoms with Gasteiger partial charge in [0.2, 0.25) is 0 Å². The molecule has 1 atom stereocenters. The van der Waals surface area contributed by atoms with Crippen LogP contribution in [0.2, 0.25) is 5.02 Å². The quantitative estimate of drug-likeness (QED) is 0.825. The maximum Gasteiger partial charge on any atom is 0.123 e. The first-order chi connectivity index (χ1) is 10.2. The average Bonchev–Trinajstić information content (AvgIpc) is 2.52. The largest absolute Gasteiger partial charge is 0.497 e. The van der Waals surface area contributed by atoms with Gasteiger partial charge in [0.25, 0.3) is 0 Å². The van der Waals surface area contributed by atoms with E-state index in [0.717, 1.165) is 11.4 Å². The number of methoxy groups -OCH3 is 1.